The highest BCUT2D eigenvalue weighted by Gasteiger charge is 2.46. The first-order valence-electron chi connectivity index (χ1n) is 11.1. The Labute approximate surface area is 187 Å². The number of aliphatic hydroxyl groups excluding tert-OH is 1. The second kappa shape index (κ2) is 9.27. The Bertz CT molecular complexity index is 1170. The van der Waals surface area contributed by atoms with Gasteiger partial charge in [-0.2, -0.15) is 0 Å². The fourth-order valence-corrected chi connectivity index (χ4v) is 4.28. The van der Waals surface area contributed by atoms with Crippen LogP contribution in [0.25, 0.3) is 16.5 Å². The van der Waals surface area contributed by atoms with Crippen LogP contribution in [-0.4, -0.2) is 34.8 Å². The third-order valence-corrected chi connectivity index (χ3v) is 5.85. The number of unbranched alkanes of at least 4 members (excludes halogenated alkanes) is 1. The third kappa shape index (κ3) is 3.86. The summed E-state index contributed by atoms with van der Waals surface area (Å²) >= 11 is 0. The zero-order valence-electron chi connectivity index (χ0n) is 18.4. The number of amides is 1. The van der Waals surface area contributed by atoms with E-state index in [2.05, 4.69) is 0 Å². The number of carbonyl (C=O) groups excluding carboxylic acids is 2. The summed E-state index contributed by atoms with van der Waals surface area (Å²) in [4.78, 5) is 27.8. The Morgan fingerprint density at radius 1 is 0.969 bits per heavy atom. The number of likely N-dealkylation sites (tertiary alicyclic amines) is 1. The summed E-state index contributed by atoms with van der Waals surface area (Å²) < 4.78 is 5.48. The highest BCUT2D eigenvalue weighted by molar-refractivity contribution is 6.46. The number of hydrogen-bond donors (Lipinski definition) is 1. The van der Waals surface area contributed by atoms with Gasteiger partial charge in [-0.1, -0.05) is 55.8 Å². The van der Waals surface area contributed by atoms with E-state index >= 15 is 0 Å². The lowest BCUT2D eigenvalue weighted by Crippen LogP contribution is -2.30. The topological polar surface area (TPSA) is 66.8 Å². The third-order valence-electron chi connectivity index (χ3n) is 5.85. The minimum Gasteiger partial charge on any atom is -0.507 e. The van der Waals surface area contributed by atoms with Gasteiger partial charge >= 0.3 is 0 Å². The first-order chi connectivity index (χ1) is 15.6. The molecule has 4 rings (SSSR count). The number of ketones is 1. The van der Waals surface area contributed by atoms with Crippen LogP contribution in [-0.2, 0) is 9.59 Å². The van der Waals surface area contributed by atoms with Gasteiger partial charge in [0.1, 0.15) is 11.5 Å². The summed E-state index contributed by atoms with van der Waals surface area (Å²) in [6.45, 7) is 4.93. The lowest BCUT2D eigenvalue weighted by atomic mass is 9.91. The number of Topliss-reactive ketones (excluding diaryl/α,β-unsaturated/α-hetero) is 1. The average molecular weight is 430 g/mol. The fourth-order valence-electron chi connectivity index (χ4n) is 4.28. The molecule has 3 aromatic carbocycles. The maximum Gasteiger partial charge on any atom is 0.295 e. The molecule has 0 radical (unpaired) electrons. The highest BCUT2D eigenvalue weighted by atomic mass is 16.5. The van der Waals surface area contributed by atoms with Gasteiger partial charge in [0.2, 0.25) is 0 Å². The largest absolute Gasteiger partial charge is 0.507 e. The van der Waals surface area contributed by atoms with Gasteiger partial charge in [-0.15, -0.1) is 0 Å². The molecular formula is C27H27NO4. The lowest BCUT2D eigenvalue weighted by Gasteiger charge is -2.26. The van der Waals surface area contributed by atoms with Gasteiger partial charge in [-0.05, 0) is 53.9 Å². The molecule has 1 heterocycles. The molecule has 1 atom stereocenters. The smallest absolute Gasteiger partial charge is 0.295 e. The number of nitrogens with zero attached hydrogens (tertiary/aromatic N) is 1. The number of fused-ring (bicyclic) bond motifs is 1. The molecular weight excluding hydrogens is 402 g/mol. The number of hydrogen-bond acceptors (Lipinski definition) is 4. The number of benzene rings is 3. The summed E-state index contributed by atoms with van der Waals surface area (Å²) in [6.07, 6.45) is 1.67. The van der Waals surface area contributed by atoms with Gasteiger partial charge in [0.05, 0.1) is 18.2 Å². The standard InChI is InChI=1S/C27H27NO4/c1-3-5-17-28-24(22-12-8-10-18-9-6-7-11-21(18)22)23(26(30)27(28)31)25(29)19-13-15-20(16-14-19)32-4-2/h6-16,24,29H,3-5,17H2,1-2H3/b25-23-. The summed E-state index contributed by atoms with van der Waals surface area (Å²) in [5.41, 5.74) is 1.45. The zero-order valence-corrected chi connectivity index (χ0v) is 18.4. The number of ether oxygens (including phenoxy) is 1. The summed E-state index contributed by atoms with van der Waals surface area (Å²) in [6, 6.07) is 20.0. The molecule has 3 aromatic rings. The Hall–Kier alpha value is -3.60. The van der Waals surface area contributed by atoms with Crippen molar-refractivity contribution in [2.75, 3.05) is 13.2 Å². The second-order valence-electron chi connectivity index (χ2n) is 7.87. The van der Waals surface area contributed by atoms with Crippen molar-refractivity contribution in [3.8, 4) is 5.75 Å². The van der Waals surface area contributed by atoms with E-state index in [0.29, 0.717) is 24.5 Å². The minimum atomic E-state index is -0.648. The monoisotopic (exact) mass is 429 g/mol. The van der Waals surface area contributed by atoms with E-state index in [1.807, 2.05) is 56.3 Å². The Morgan fingerprint density at radius 3 is 2.41 bits per heavy atom. The number of carbonyl (C=O) groups is 2. The van der Waals surface area contributed by atoms with Crippen LogP contribution in [0.15, 0.2) is 72.3 Å². The average Bonchev–Trinajstić information content (AvgIpc) is 3.07. The molecule has 1 saturated heterocycles. The zero-order chi connectivity index (χ0) is 22.7. The van der Waals surface area contributed by atoms with Crippen molar-refractivity contribution in [3.05, 3.63) is 83.4 Å². The molecule has 1 fully saturated rings. The molecule has 0 spiro atoms. The van der Waals surface area contributed by atoms with E-state index in [1.165, 1.54) is 0 Å². The normalized spacial score (nSPS) is 17.8. The Balaban J connectivity index is 1.89. The molecule has 0 bridgehead atoms. The fraction of sp³-hybridized carbons (Fsp3) is 0.259. The van der Waals surface area contributed by atoms with Crippen LogP contribution < -0.4 is 4.74 Å². The summed E-state index contributed by atoms with van der Waals surface area (Å²) in [5, 5.41) is 13.2. The molecule has 1 aliphatic heterocycles. The molecule has 1 N–H and O–H groups in total. The first kappa shape index (κ1) is 21.6. The predicted molar refractivity (Wildman–Crippen MR) is 125 cm³/mol. The minimum absolute atomic E-state index is 0.131. The highest BCUT2D eigenvalue weighted by Crippen LogP contribution is 2.42. The molecule has 1 unspecified atom stereocenters. The van der Waals surface area contributed by atoms with E-state index < -0.39 is 17.7 Å². The van der Waals surface area contributed by atoms with E-state index in [0.717, 1.165) is 29.2 Å². The Morgan fingerprint density at radius 2 is 1.69 bits per heavy atom. The predicted octanol–water partition coefficient (Wildman–Crippen LogP) is 5.46. The molecule has 1 aliphatic rings. The van der Waals surface area contributed by atoms with Gasteiger partial charge < -0.3 is 14.7 Å². The number of rotatable bonds is 7. The van der Waals surface area contributed by atoms with Crippen LogP contribution in [0.1, 0.15) is 43.9 Å². The molecule has 0 aromatic heterocycles. The lowest BCUT2D eigenvalue weighted by molar-refractivity contribution is -0.139. The molecule has 5 nitrogen and oxygen atoms in total. The number of aliphatic hydroxyl groups is 1. The van der Waals surface area contributed by atoms with Gasteiger partial charge in [0.25, 0.3) is 11.7 Å². The van der Waals surface area contributed by atoms with Crippen molar-refractivity contribution in [2.45, 2.75) is 32.7 Å². The maximum absolute atomic E-state index is 13.1. The van der Waals surface area contributed by atoms with E-state index in [9.17, 15) is 14.7 Å². The van der Waals surface area contributed by atoms with Gasteiger partial charge in [-0.25, -0.2) is 0 Å². The molecule has 5 heteroatoms. The maximum atomic E-state index is 13.1. The van der Waals surface area contributed by atoms with E-state index in [-0.39, 0.29) is 11.3 Å². The van der Waals surface area contributed by atoms with Crippen molar-refractivity contribution < 1.29 is 19.4 Å². The SMILES string of the molecule is CCCCN1C(=O)C(=O)/C(=C(\O)c2ccc(OCC)cc2)C1c1cccc2ccccc12. The first-order valence-corrected chi connectivity index (χ1v) is 11.1. The van der Waals surface area contributed by atoms with Gasteiger partial charge in [0.15, 0.2) is 0 Å². The second-order valence-corrected chi connectivity index (χ2v) is 7.87. The van der Waals surface area contributed by atoms with Crippen molar-refractivity contribution in [3.63, 3.8) is 0 Å². The Kier molecular flexibility index (Phi) is 6.26. The molecule has 164 valence electrons. The van der Waals surface area contributed by atoms with Crippen molar-refractivity contribution >= 4 is 28.2 Å². The molecule has 0 saturated carbocycles. The van der Waals surface area contributed by atoms with Gasteiger partial charge in [0, 0.05) is 12.1 Å². The van der Waals surface area contributed by atoms with Crippen molar-refractivity contribution in [1.82, 2.24) is 4.90 Å². The van der Waals surface area contributed by atoms with Crippen LogP contribution in [0.3, 0.4) is 0 Å². The van der Waals surface area contributed by atoms with Crippen molar-refractivity contribution in [2.24, 2.45) is 0 Å². The quantitative estimate of drug-likeness (QED) is 0.308. The summed E-state index contributed by atoms with van der Waals surface area (Å²) in [5.74, 6) is -0.698. The van der Waals surface area contributed by atoms with Crippen LogP contribution in [0, 0.1) is 0 Å². The van der Waals surface area contributed by atoms with Crippen LogP contribution in [0.5, 0.6) is 5.75 Å². The molecule has 0 aliphatic carbocycles. The van der Waals surface area contributed by atoms with Crippen LogP contribution in [0.2, 0.25) is 0 Å². The summed E-state index contributed by atoms with van der Waals surface area (Å²) in [7, 11) is 0. The van der Waals surface area contributed by atoms with E-state index in [4.69, 9.17) is 4.74 Å². The van der Waals surface area contributed by atoms with Crippen molar-refractivity contribution in [1.29, 1.82) is 0 Å². The molecule has 32 heavy (non-hydrogen) atoms. The van der Waals surface area contributed by atoms with Crippen LogP contribution >= 0.6 is 0 Å². The van der Waals surface area contributed by atoms with E-state index in [1.54, 1.807) is 29.2 Å². The molecule has 1 amide bonds. The van der Waals surface area contributed by atoms with Gasteiger partial charge in [-0.3, -0.25) is 9.59 Å². The van der Waals surface area contributed by atoms with Crippen LogP contribution in [0.4, 0.5) is 0 Å².